The maximum Gasteiger partial charge on any atom is 0.374 e. The Hall–Kier alpha value is -2.18. The molecule has 7 heteroatoms. The maximum atomic E-state index is 13.4. The number of rotatable bonds is 4. The highest BCUT2D eigenvalue weighted by Crippen LogP contribution is 2.34. The van der Waals surface area contributed by atoms with Crippen molar-refractivity contribution in [3.8, 4) is 0 Å². The molecule has 0 N–H and O–H groups in total. The van der Waals surface area contributed by atoms with Crippen molar-refractivity contribution in [1.82, 2.24) is 9.55 Å². The zero-order valence-electron chi connectivity index (χ0n) is 15.0. The fourth-order valence-electron chi connectivity index (χ4n) is 3.55. The Morgan fingerprint density at radius 1 is 1.33 bits per heavy atom. The fraction of sp³-hybridized carbons (Fsp3) is 0.350. The molecular weight excluding hydrogens is 384 g/mol. The molecule has 2 heterocycles. The van der Waals surface area contributed by atoms with Gasteiger partial charge < -0.3 is 4.74 Å². The minimum Gasteiger partial charge on any atom is -0.460 e. The van der Waals surface area contributed by atoms with Crippen molar-refractivity contribution in [2.75, 3.05) is 6.61 Å². The molecule has 0 aliphatic heterocycles. The zero-order chi connectivity index (χ0) is 19.0. The number of hydrogen-bond acceptors (Lipinski definition) is 5. The summed E-state index contributed by atoms with van der Waals surface area (Å²) in [6, 6.07) is 7.26. The average Bonchev–Trinajstić information content (AvgIpc) is 3.02. The monoisotopic (exact) mass is 402 g/mol. The first-order valence-electron chi connectivity index (χ1n) is 9.05. The Bertz CT molecular complexity index is 1090. The standard InChI is InChI=1S/C20H19ClN2O3S/c1-2-26-20(25)17-22-18-16(14-8-3-4-9-15(14)27-18)19(24)23(17)11-12-6-5-7-13(21)10-12/h5-7,10H,2-4,8-9,11H2,1H3. The molecule has 0 spiro atoms. The summed E-state index contributed by atoms with van der Waals surface area (Å²) in [6.45, 7) is 2.19. The van der Waals surface area contributed by atoms with Gasteiger partial charge in [-0.05, 0) is 55.9 Å². The van der Waals surface area contributed by atoms with Crippen molar-refractivity contribution < 1.29 is 9.53 Å². The van der Waals surface area contributed by atoms with E-state index in [0.717, 1.165) is 36.8 Å². The van der Waals surface area contributed by atoms with Crippen molar-refractivity contribution in [1.29, 1.82) is 0 Å². The predicted molar refractivity (Wildman–Crippen MR) is 107 cm³/mol. The van der Waals surface area contributed by atoms with E-state index in [-0.39, 0.29) is 24.5 Å². The number of ether oxygens (including phenoxy) is 1. The SMILES string of the molecule is CCOC(=O)c1nc2sc3c(c2c(=O)n1Cc1cccc(Cl)c1)CCCC3. The minimum atomic E-state index is -0.579. The molecule has 1 aliphatic carbocycles. The Balaban J connectivity index is 1.92. The van der Waals surface area contributed by atoms with Crippen LogP contribution in [0.25, 0.3) is 10.2 Å². The van der Waals surface area contributed by atoms with E-state index in [9.17, 15) is 9.59 Å². The van der Waals surface area contributed by atoms with Crippen molar-refractivity contribution in [2.24, 2.45) is 0 Å². The molecule has 0 saturated heterocycles. The van der Waals surface area contributed by atoms with Crippen LogP contribution in [0.3, 0.4) is 0 Å². The third kappa shape index (κ3) is 3.39. The van der Waals surface area contributed by atoms with Gasteiger partial charge in [0, 0.05) is 9.90 Å². The number of fused-ring (bicyclic) bond motifs is 3. The first-order valence-corrected chi connectivity index (χ1v) is 10.2. The summed E-state index contributed by atoms with van der Waals surface area (Å²) in [7, 11) is 0. The van der Waals surface area contributed by atoms with Crippen LogP contribution in [0.15, 0.2) is 29.1 Å². The second kappa shape index (κ2) is 7.44. The van der Waals surface area contributed by atoms with Crippen LogP contribution in [0.2, 0.25) is 5.02 Å². The zero-order valence-corrected chi connectivity index (χ0v) is 16.5. The Morgan fingerprint density at radius 2 is 2.15 bits per heavy atom. The van der Waals surface area contributed by atoms with Crippen LogP contribution in [0, 0.1) is 0 Å². The van der Waals surface area contributed by atoms with Gasteiger partial charge in [0.15, 0.2) is 0 Å². The highest BCUT2D eigenvalue weighted by atomic mass is 35.5. The largest absolute Gasteiger partial charge is 0.460 e. The molecule has 2 aromatic heterocycles. The van der Waals surface area contributed by atoms with Gasteiger partial charge in [-0.1, -0.05) is 23.7 Å². The van der Waals surface area contributed by atoms with Crippen LogP contribution in [0.1, 0.15) is 46.4 Å². The lowest BCUT2D eigenvalue weighted by Gasteiger charge is -2.13. The molecule has 5 nitrogen and oxygen atoms in total. The van der Waals surface area contributed by atoms with Crippen LogP contribution in [0.5, 0.6) is 0 Å². The van der Waals surface area contributed by atoms with Gasteiger partial charge in [0.25, 0.3) is 5.56 Å². The van der Waals surface area contributed by atoms with Gasteiger partial charge in [0.05, 0.1) is 18.5 Å². The number of carbonyl (C=O) groups excluding carboxylic acids is 1. The highest BCUT2D eigenvalue weighted by Gasteiger charge is 2.25. The van der Waals surface area contributed by atoms with Gasteiger partial charge in [-0.15, -0.1) is 11.3 Å². The third-order valence-electron chi connectivity index (χ3n) is 4.76. The van der Waals surface area contributed by atoms with Crippen molar-refractivity contribution in [2.45, 2.75) is 39.2 Å². The second-order valence-electron chi connectivity index (χ2n) is 6.57. The van der Waals surface area contributed by atoms with E-state index >= 15 is 0 Å². The van der Waals surface area contributed by atoms with Crippen LogP contribution in [-0.2, 0) is 24.1 Å². The summed E-state index contributed by atoms with van der Waals surface area (Å²) >= 11 is 7.61. The number of carbonyl (C=O) groups is 1. The minimum absolute atomic E-state index is 0.0490. The Labute approximate surface area is 165 Å². The molecule has 1 aromatic carbocycles. The quantitative estimate of drug-likeness (QED) is 0.613. The van der Waals surface area contributed by atoms with E-state index in [1.54, 1.807) is 19.1 Å². The lowest BCUT2D eigenvalue weighted by molar-refractivity contribution is 0.0505. The van der Waals surface area contributed by atoms with E-state index in [2.05, 4.69) is 4.98 Å². The van der Waals surface area contributed by atoms with E-state index in [4.69, 9.17) is 16.3 Å². The molecule has 0 radical (unpaired) electrons. The van der Waals surface area contributed by atoms with E-state index in [0.29, 0.717) is 15.2 Å². The summed E-state index contributed by atoms with van der Waals surface area (Å²) in [5.41, 5.74) is 1.76. The number of aryl methyl sites for hydroxylation is 2. The molecule has 0 bridgehead atoms. The third-order valence-corrected chi connectivity index (χ3v) is 6.18. The van der Waals surface area contributed by atoms with Gasteiger partial charge in [-0.25, -0.2) is 9.78 Å². The van der Waals surface area contributed by atoms with Crippen LogP contribution >= 0.6 is 22.9 Å². The molecule has 0 fully saturated rings. The van der Waals surface area contributed by atoms with Crippen molar-refractivity contribution in [3.05, 3.63) is 61.5 Å². The predicted octanol–water partition coefficient (Wildman–Crippen LogP) is 4.22. The van der Waals surface area contributed by atoms with Crippen molar-refractivity contribution in [3.63, 3.8) is 0 Å². The lowest BCUT2D eigenvalue weighted by atomic mass is 9.97. The summed E-state index contributed by atoms with van der Waals surface area (Å²) < 4.78 is 6.58. The second-order valence-corrected chi connectivity index (χ2v) is 8.09. The molecular formula is C20H19ClN2O3S. The number of halogens is 1. The summed E-state index contributed by atoms with van der Waals surface area (Å²) in [4.78, 5) is 32.3. The number of esters is 1. The molecule has 3 aromatic rings. The van der Waals surface area contributed by atoms with Gasteiger partial charge in [-0.3, -0.25) is 9.36 Å². The smallest absolute Gasteiger partial charge is 0.374 e. The molecule has 27 heavy (non-hydrogen) atoms. The number of aromatic nitrogens is 2. The van der Waals surface area contributed by atoms with E-state index in [1.807, 2.05) is 12.1 Å². The van der Waals surface area contributed by atoms with Gasteiger partial charge in [-0.2, -0.15) is 0 Å². The molecule has 4 rings (SSSR count). The average molecular weight is 403 g/mol. The molecule has 0 unspecified atom stereocenters. The molecule has 1 aliphatic rings. The molecule has 140 valence electrons. The van der Waals surface area contributed by atoms with Gasteiger partial charge in [0.2, 0.25) is 5.82 Å². The lowest BCUT2D eigenvalue weighted by Crippen LogP contribution is -2.29. The van der Waals surface area contributed by atoms with Gasteiger partial charge in [0.1, 0.15) is 4.83 Å². The summed E-state index contributed by atoms with van der Waals surface area (Å²) in [6.07, 6.45) is 4.06. The first-order chi connectivity index (χ1) is 13.1. The molecule has 0 saturated carbocycles. The highest BCUT2D eigenvalue weighted by molar-refractivity contribution is 7.18. The number of benzene rings is 1. The molecule has 0 amide bonds. The normalized spacial score (nSPS) is 13.6. The summed E-state index contributed by atoms with van der Waals surface area (Å²) in [5, 5.41) is 1.24. The summed E-state index contributed by atoms with van der Waals surface area (Å²) in [5.74, 6) is -0.530. The fourth-order valence-corrected chi connectivity index (χ4v) is 5.02. The van der Waals surface area contributed by atoms with Crippen LogP contribution in [-0.4, -0.2) is 22.1 Å². The molecule has 0 atom stereocenters. The van der Waals surface area contributed by atoms with E-state index < -0.39 is 5.97 Å². The van der Waals surface area contributed by atoms with E-state index in [1.165, 1.54) is 20.8 Å². The Kier molecular flexibility index (Phi) is 5.02. The first kappa shape index (κ1) is 18.2. The Morgan fingerprint density at radius 3 is 2.93 bits per heavy atom. The number of thiophene rings is 1. The number of nitrogens with zero attached hydrogens (tertiary/aromatic N) is 2. The topological polar surface area (TPSA) is 61.2 Å². The number of hydrogen-bond donors (Lipinski definition) is 0. The van der Waals surface area contributed by atoms with Gasteiger partial charge >= 0.3 is 5.97 Å². The van der Waals surface area contributed by atoms with Crippen LogP contribution in [0.4, 0.5) is 0 Å². The van der Waals surface area contributed by atoms with Crippen LogP contribution < -0.4 is 5.56 Å². The maximum absolute atomic E-state index is 13.4. The van der Waals surface area contributed by atoms with Crippen molar-refractivity contribution >= 4 is 39.1 Å².